The number of halogens is 3. The summed E-state index contributed by atoms with van der Waals surface area (Å²) in [7, 11) is 0. The first-order chi connectivity index (χ1) is 19.3. The molecule has 0 saturated heterocycles. The Morgan fingerprint density at radius 3 is 2.70 bits per heavy atom. The maximum atomic E-state index is 13.7. The van der Waals surface area contributed by atoms with E-state index < -0.39 is 11.7 Å². The van der Waals surface area contributed by atoms with Crippen molar-refractivity contribution in [3.05, 3.63) is 95.1 Å². The number of alkyl halides is 3. The summed E-state index contributed by atoms with van der Waals surface area (Å²) in [5.74, 6) is 0.509. The van der Waals surface area contributed by atoms with Gasteiger partial charge in [-0.2, -0.15) is 13.2 Å². The molecule has 1 aliphatic carbocycles. The van der Waals surface area contributed by atoms with Gasteiger partial charge in [0.15, 0.2) is 0 Å². The monoisotopic (exact) mass is 545 g/mol. The minimum absolute atomic E-state index is 0.289. The molecule has 1 N–H and O–H groups in total. The third kappa shape index (κ3) is 6.30. The van der Waals surface area contributed by atoms with Gasteiger partial charge in [-0.25, -0.2) is 9.78 Å². The van der Waals surface area contributed by atoms with E-state index in [0.29, 0.717) is 29.3 Å². The van der Waals surface area contributed by atoms with Crippen LogP contribution in [0.3, 0.4) is 0 Å². The third-order valence-electron chi connectivity index (χ3n) is 7.55. The summed E-state index contributed by atoms with van der Waals surface area (Å²) in [5, 5.41) is 3.09. The Morgan fingerprint density at radius 2 is 1.93 bits per heavy atom. The van der Waals surface area contributed by atoms with E-state index in [-0.39, 0.29) is 6.03 Å². The van der Waals surface area contributed by atoms with Crippen LogP contribution in [-0.4, -0.2) is 17.6 Å². The second kappa shape index (κ2) is 12.1. The smallest absolute Gasteiger partial charge is 0.307 e. The topological polar surface area (TPSA) is 45.2 Å². The molecule has 0 atom stereocenters. The molecule has 2 amide bonds. The molecule has 0 spiro atoms. The van der Waals surface area contributed by atoms with Crippen molar-refractivity contribution in [1.82, 2.24) is 4.98 Å². The van der Waals surface area contributed by atoms with Crippen molar-refractivity contribution in [3.63, 3.8) is 0 Å². The van der Waals surface area contributed by atoms with Crippen LogP contribution in [0.25, 0.3) is 16.8 Å². The number of aryl methyl sites for hydroxylation is 2. The van der Waals surface area contributed by atoms with E-state index in [9.17, 15) is 18.0 Å². The number of unbranched alkanes of at least 4 members (excludes halogenated alkanes) is 1. The number of amides is 2. The summed E-state index contributed by atoms with van der Waals surface area (Å²) in [6.07, 6.45) is 9.48. The Bertz CT molecular complexity index is 1440. The van der Waals surface area contributed by atoms with Crippen LogP contribution >= 0.6 is 0 Å². The first-order valence-corrected chi connectivity index (χ1v) is 14.1. The second-order valence-electron chi connectivity index (χ2n) is 10.4. The lowest BCUT2D eigenvalue weighted by Crippen LogP contribution is -2.37. The molecular formula is C33H34F3N3O. The number of pyridine rings is 1. The molecule has 0 fully saturated rings. The normalized spacial score (nSPS) is 15.3. The maximum Gasteiger partial charge on any atom is 0.416 e. The lowest BCUT2D eigenvalue weighted by molar-refractivity contribution is -0.137. The van der Waals surface area contributed by atoms with Gasteiger partial charge in [-0.3, -0.25) is 4.90 Å². The number of carbonyl (C=O) groups is 1. The fourth-order valence-electron chi connectivity index (χ4n) is 5.36. The van der Waals surface area contributed by atoms with Gasteiger partial charge in [0.1, 0.15) is 5.82 Å². The van der Waals surface area contributed by atoms with Gasteiger partial charge in [-0.05, 0) is 91.1 Å². The third-order valence-corrected chi connectivity index (χ3v) is 7.55. The molecule has 0 saturated carbocycles. The largest absolute Gasteiger partial charge is 0.416 e. The van der Waals surface area contributed by atoms with E-state index in [1.54, 1.807) is 17.0 Å². The summed E-state index contributed by atoms with van der Waals surface area (Å²) < 4.78 is 40.1. The Kier molecular flexibility index (Phi) is 8.38. The van der Waals surface area contributed by atoms with Crippen molar-refractivity contribution in [1.29, 1.82) is 0 Å². The molecule has 7 heteroatoms. The minimum Gasteiger partial charge on any atom is -0.307 e. The van der Waals surface area contributed by atoms with Gasteiger partial charge in [0.05, 0.1) is 11.3 Å². The van der Waals surface area contributed by atoms with Crippen LogP contribution in [-0.2, 0) is 19.0 Å². The minimum atomic E-state index is -4.44. The average molecular weight is 546 g/mol. The quantitative estimate of drug-likeness (QED) is 0.336. The van der Waals surface area contributed by atoms with Crippen molar-refractivity contribution in [2.24, 2.45) is 0 Å². The number of carbonyl (C=O) groups excluding carboxylic acids is 1. The van der Waals surface area contributed by atoms with Crippen molar-refractivity contribution in [3.8, 4) is 11.3 Å². The maximum absolute atomic E-state index is 13.7. The van der Waals surface area contributed by atoms with Crippen LogP contribution in [0, 0.1) is 0 Å². The number of benzene rings is 2. The van der Waals surface area contributed by atoms with Crippen molar-refractivity contribution in [2.45, 2.75) is 64.5 Å². The predicted octanol–water partition coefficient (Wildman–Crippen LogP) is 9.22. The predicted molar refractivity (Wildman–Crippen MR) is 155 cm³/mol. The van der Waals surface area contributed by atoms with Crippen molar-refractivity contribution < 1.29 is 18.0 Å². The van der Waals surface area contributed by atoms with Gasteiger partial charge in [0.25, 0.3) is 0 Å². The molecule has 4 nitrogen and oxygen atoms in total. The molecule has 40 heavy (non-hydrogen) atoms. The average Bonchev–Trinajstić information content (AvgIpc) is 3.47. The highest BCUT2D eigenvalue weighted by molar-refractivity contribution is 6.02. The molecule has 1 aromatic heterocycles. The molecule has 2 aromatic carbocycles. The summed E-state index contributed by atoms with van der Waals surface area (Å²) >= 11 is 0. The number of hydrogen-bond donors (Lipinski definition) is 1. The summed E-state index contributed by atoms with van der Waals surface area (Å²) in [4.78, 5) is 20.1. The standard InChI is InChI=1S/C33H34F3N3O/c1-2-3-10-24-16-18-28(22-29(24)23-11-6-7-12-23)37-32(40)39-20-8-4-5-13-25-17-19-30(38-31(25)39)26-14-9-15-27(21-26)33(34,35)36/h6-7,9,11,14-19,21-22H,2-5,8,10,12-13,20H2,1H3,(H,37,40). The molecule has 2 heterocycles. The number of aromatic nitrogens is 1. The first kappa shape index (κ1) is 27.7. The van der Waals surface area contributed by atoms with Gasteiger partial charge in [0, 0.05) is 17.8 Å². The Balaban J connectivity index is 1.45. The lowest BCUT2D eigenvalue weighted by atomic mass is 9.95. The summed E-state index contributed by atoms with van der Waals surface area (Å²) in [6, 6.07) is 14.6. The SMILES string of the molecule is CCCCc1ccc(NC(=O)N2CCCCCc3ccc(-c4cccc(C(F)(F)F)c4)nc32)cc1C1=CC=CC1. The van der Waals surface area contributed by atoms with Gasteiger partial charge in [-0.15, -0.1) is 0 Å². The van der Waals surface area contributed by atoms with E-state index >= 15 is 0 Å². The van der Waals surface area contributed by atoms with E-state index in [2.05, 4.69) is 42.6 Å². The number of anilines is 2. The molecule has 0 bridgehead atoms. The zero-order valence-electron chi connectivity index (χ0n) is 22.7. The lowest BCUT2D eigenvalue weighted by Gasteiger charge is -2.27. The van der Waals surface area contributed by atoms with Gasteiger partial charge in [0.2, 0.25) is 0 Å². The molecular weight excluding hydrogens is 511 g/mol. The number of fused-ring (bicyclic) bond motifs is 1. The number of nitrogens with zero attached hydrogens (tertiary/aromatic N) is 2. The Morgan fingerprint density at radius 1 is 1.05 bits per heavy atom. The molecule has 1 aliphatic heterocycles. The first-order valence-electron chi connectivity index (χ1n) is 14.1. The van der Waals surface area contributed by atoms with E-state index in [4.69, 9.17) is 4.98 Å². The van der Waals surface area contributed by atoms with Gasteiger partial charge < -0.3 is 5.32 Å². The van der Waals surface area contributed by atoms with E-state index in [0.717, 1.165) is 74.6 Å². The van der Waals surface area contributed by atoms with Crippen molar-refractivity contribution >= 4 is 23.1 Å². The van der Waals surface area contributed by atoms with Crippen LogP contribution in [0.15, 0.2) is 72.8 Å². The van der Waals surface area contributed by atoms with E-state index in [1.807, 2.05) is 12.1 Å². The Hall–Kier alpha value is -3.87. The van der Waals surface area contributed by atoms with Crippen LogP contribution in [0.5, 0.6) is 0 Å². The van der Waals surface area contributed by atoms with Crippen LogP contribution in [0.1, 0.15) is 67.7 Å². The van der Waals surface area contributed by atoms with Crippen LogP contribution in [0.2, 0.25) is 0 Å². The van der Waals surface area contributed by atoms with E-state index in [1.165, 1.54) is 17.2 Å². The zero-order chi connectivity index (χ0) is 28.1. The highest BCUT2D eigenvalue weighted by Gasteiger charge is 2.31. The van der Waals surface area contributed by atoms with Crippen LogP contribution < -0.4 is 10.2 Å². The second-order valence-corrected chi connectivity index (χ2v) is 10.4. The highest BCUT2D eigenvalue weighted by atomic mass is 19.4. The van der Waals surface area contributed by atoms with Gasteiger partial charge in [-0.1, -0.05) is 62.3 Å². The number of allylic oxidation sites excluding steroid dienone is 4. The highest BCUT2D eigenvalue weighted by Crippen LogP contribution is 2.34. The fourth-order valence-corrected chi connectivity index (χ4v) is 5.36. The molecule has 0 unspecified atom stereocenters. The summed E-state index contributed by atoms with van der Waals surface area (Å²) in [6.45, 7) is 2.66. The Labute approximate surface area is 233 Å². The molecule has 2 aliphatic rings. The fraction of sp³-hybridized carbons (Fsp3) is 0.333. The molecule has 3 aromatic rings. The molecule has 208 valence electrons. The summed E-state index contributed by atoms with van der Waals surface area (Å²) in [5.41, 5.74) is 5.37. The van der Waals surface area contributed by atoms with Crippen molar-refractivity contribution in [2.75, 3.05) is 16.8 Å². The number of nitrogens with one attached hydrogen (secondary N) is 1. The molecule has 5 rings (SSSR count). The number of hydrogen-bond acceptors (Lipinski definition) is 2. The number of urea groups is 1. The number of rotatable bonds is 6. The molecule has 0 radical (unpaired) electrons. The zero-order valence-corrected chi connectivity index (χ0v) is 22.7. The van der Waals surface area contributed by atoms with Crippen LogP contribution in [0.4, 0.5) is 29.5 Å². The van der Waals surface area contributed by atoms with Gasteiger partial charge >= 0.3 is 12.2 Å².